The molecule has 0 amide bonds. The van der Waals surface area contributed by atoms with Gasteiger partial charge in [0.25, 0.3) is 0 Å². The first-order valence-corrected chi connectivity index (χ1v) is 7.61. The van der Waals surface area contributed by atoms with Crippen molar-refractivity contribution in [1.82, 2.24) is 19.9 Å². The van der Waals surface area contributed by atoms with E-state index in [4.69, 9.17) is 5.73 Å². The molecule has 1 aliphatic heterocycles. The lowest BCUT2D eigenvalue weighted by atomic mass is 9.77. The van der Waals surface area contributed by atoms with Crippen LogP contribution in [-0.4, -0.2) is 39.5 Å². The van der Waals surface area contributed by atoms with Crippen molar-refractivity contribution in [3.8, 4) is 0 Å². The van der Waals surface area contributed by atoms with Crippen LogP contribution >= 0.6 is 0 Å². The summed E-state index contributed by atoms with van der Waals surface area (Å²) in [6, 6.07) is 0. The van der Waals surface area contributed by atoms with Gasteiger partial charge in [-0.25, -0.2) is 0 Å². The molecule has 5 nitrogen and oxygen atoms in total. The average Bonchev–Trinajstić information content (AvgIpc) is 3.08. The number of likely N-dealkylation sites (tertiary alicyclic amines) is 1. The smallest absolute Gasteiger partial charge is 0.0962 e. The van der Waals surface area contributed by atoms with E-state index < -0.39 is 0 Å². The third-order valence-electron chi connectivity index (χ3n) is 5.02. The molecule has 2 N–H and O–H groups in total. The molecule has 2 aliphatic rings. The first-order chi connectivity index (χ1) is 9.30. The summed E-state index contributed by atoms with van der Waals surface area (Å²) in [5.41, 5.74) is 7.14. The van der Waals surface area contributed by atoms with Crippen LogP contribution in [0.25, 0.3) is 0 Å². The van der Waals surface area contributed by atoms with E-state index in [0.29, 0.717) is 6.54 Å². The normalized spacial score (nSPS) is 23.2. The summed E-state index contributed by atoms with van der Waals surface area (Å²) in [5, 5.41) is 8.13. The summed E-state index contributed by atoms with van der Waals surface area (Å²) in [4.78, 5) is 2.58. The van der Waals surface area contributed by atoms with Crippen molar-refractivity contribution in [1.29, 1.82) is 0 Å². The molecule has 3 rings (SSSR count). The van der Waals surface area contributed by atoms with Crippen LogP contribution < -0.4 is 5.73 Å². The SMILES string of the molecule is NCc1cn(CCN2CCC3(CCCC3)CC2)nn1. The molecule has 19 heavy (non-hydrogen) atoms. The Morgan fingerprint density at radius 3 is 2.47 bits per heavy atom. The van der Waals surface area contributed by atoms with Crippen molar-refractivity contribution in [3.63, 3.8) is 0 Å². The zero-order chi connectivity index (χ0) is 13.1. The van der Waals surface area contributed by atoms with E-state index in [0.717, 1.165) is 24.2 Å². The topological polar surface area (TPSA) is 60.0 Å². The Bertz CT molecular complexity index is 398. The Kier molecular flexibility index (Phi) is 3.84. The monoisotopic (exact) mass is 263 g/mol. The van der Waals surface area contributed by atoms with Crippen LogP contribution in [0.3, 0.4) is 0 Å². The summed E-state index contributed by atoms with van der Waals surface area (Å²) >= 11 is 0. The number of hydrogen-bond acceptors (Lipinski definition) is 4. The molecule has 1 spiro atoms. The van der Waals surface area contributed by atoms with Gasteiger partial charge in [-0.1, -0.05) is 18.1 Å². The van der Waals surface area contributed by atoms with Crippen molar-refractivity contribution in [3.05, 3.63) is 11.9 Å². The van der Waals surface area contributed by atoms with Crippen molar-refractivity contribution in [2.75, 3.05) is 19.6 Å². The molecule has 1 aromatic heterocycles. The summed E-state index contributed by atoms with van der Waals surface area (Å²) < 4.78 is 1.92. The molecule has 2 heterocycles. The average molecular weight is 263 g/mol. The lowest BCUT2D eigenvalue weighted by Crippen LogP contribution is -2.40. The molecule has 0 radical (unpaired) electrons. The molecular weight excluding hydrogens is 238 g/mol. The zero-order valence-corrected chi connectivity index (χ0v) is 11.7. The Labute approximate surface area is 115 Å². The number of piperidine rings is 1. The molecule has 5 heteroatoms. The van der Waals surface area contributed by atoms with Crippen LogP contribution in [0.15, 0.2) is 6.20 Å². The Morgan fingerprint density at radius 1 is 1.11 bits per heavy atom. The lowest BCUT2D eigenvalue weighted by Gasteiger charge is -2.39. The molecule has 1 saturated carbocycles. The van der Waals surface area contributed by atoms with E-state index in [9.17, 15) is 0 Å². The van der Waals surface area contributed by atoms with E-state index in [1.165, 1.54) is 51.6 Å². The minimum Gasteiger partial charge on any atom is -0.325 e. The minimum absolute atomic E-state index is 0.478. The maximum atomic E-state index is 5.54. The van der Waals surface area contributed by atoms with Crippen molar-refractivity contribution >= 4 is 0 Å². The molecule has 0 bridgehead atoms. The summed E-state index contributed by atoms with van der Waals surface area (Å²) in [6.45, 7) is 5.02. The maximum Gasteiger partial charge on any atom is 0.0962 e. The first-order valence-electron chi connectivity index (χ1n) is 7.61. The van der Waals surface area contributed by atoms with E-state index >= 15 is 0 Å². The summed E-state index contributed by atoms with van der Waals surface area (Å²) in [5.74, 6) is 0. The van der Waals surface area contributed by atoms with Crippen molar-refractivity contribution in [2.24, 2.45) is 11.1 Å². The number of aromatic nitrogens is 3. The third kappa shape index (κ3) is 2.98. The Balaban J connectivity index is 1.44. The predicted molar refractivity (Wildman–Crippen MR) is 74.5 cm³/mol. The molecular formula is C14H25N5. The second-order valence-electron chi connectivity index (χ2n) is 6.23. The second-order valence-corrected chi connectivity index (χ2v) is 6.23. The van der Waals surface area contributed by atoms with Gasteiger partial charge in [-0.2, -0.15) is 0 Å². The maximum absolute atomic E-state index is 5.54. The van der Waals surface area contributed by atoms with Crippen LogP contribution in [0, 0.1) is 5.41 Å². The minimum atomic E-state index is 0.478. The van der Waals surface area contributed by atoms with E-state index in [1.807, 2.05) is 10.9 Å². The van der Waals surface area contributed by atoms with Crippen molar-refractivity contribution < 1.29 is 0 Å². The fourth-order valence-electron chi connectivity index (χ4n) is 3.66. The number of nitrogens with zero attached hydrogens (tertiary/aromatic N) is 4. The highest BCUT2D eigenvalue weighted by Gasteiger charge is 2.36. The van der Waals surface area contributed by atoms with Gasteiger partial charge in [-0.05, 0) is 44.2 Å². The Hall–Kier alpha value is -0.940. The predicted octanol–water partition coefficient (Wildman–Crippen LogP) is 1.39. The largest absolute Gasteiger partial charge is 0.325 e. The van der Waals surface area contributed by atoms with Gasteiger partial charge in [0.2, 0.25) is 0 Å². The highest BCUT2D eigenvalue weighted by atomic mass is 15.4. The highest BCUT2D eigenvalue weighted by Crippen LogP contribution is 2.45. The van der Waals surface area contributed by atoms with Crippen LogP contribution in [0.1, 0.15) is 44.2 Å². The fraction of sp³-hybridized carbons (Fsp3) is 0.857. The van der Waals surface area contributed by atoms with Gasteiger partial charge < -0.3 is 10.6 Å². The summed E-state index contributed by atoms with van der Waals surface area (Å²) in [6.07, 6.45) is 10.6. The van der Waals surface area contributed by atoms with Gasteiger partial charge in [0.1, 0.15) is 0 Å². The molecule has 0 aromatic carbocycles. The molecule has 2 fully saturated rings. The van der Waals surface area contributed by atoms with Gasteiger partial charge in [0, 0.05) is 19.3 Å². The third-order valence-corrected chi connectivity index (χ3v) is 5.02. The Morgan fingerprint density at radius 2 is 1.84 bits per heavy atom. The van der Waals surface area contributed by atoms with Crippen molar-refractivity contribution in [2.45, 2.75) is 51.6 Å². The van der Waals surface area contributed by atoms with E-state index in [-0.39, 0.29) is 0 Å². The number of rotatable bonds is 4. The quantitative estimate of drug-likeness (QED) is 0.892. The van der Waals surface area contributed by atoms with E-state index in [2.05, 4.69) is 15.2 Å². The second kappa shape index (κ2) is 5.59. The number of hydrogen-bond donors (Lipinski definition) is 1. The highest BCUT2D eigenvalue weighted by molar-refractivity contribution is 4.91. The molecule has 0 unspecified atom stereocenters. The van der Waals surface area contributed by atoms with Gasteiger partial charge in [-0.15, -0.1) is 5.10 Å². The van der Waals surface area contributed by atoms with Gasteiger partial charge in [0.05, 0.1) is 12.2 Å². The molecule has 1 saturated heterocycles. The van der Waals surface area contributed by atoms with Gasteiger partial charge in [0.15, 0.2) is 0 Å². The van der Waals surface area contributed by atoms with E-state index in [1.54, 1.807) is 0 Å². The molecule has 1 aromatic rings. The van der Waals surface area contributed by atoms with Gasteiger partial charge >= 0.3 is 0 Å². The van der Waals surface area contributed by atoms with Gasteiger partial charge in [-0.3, -0.25) is 4.68 Å². The molecule has 1 aliphatic carbocycles. The first kappa shape index (κ1) is 13.1. The molecule has 0 atom stereocenters. The fourth-order valence-corrected chi connectivity index (χ4v) is 3.66. The van der Waals surface area contributed by atoms with Crippen LogP contribution in [0.2, 0.25) is 0 Å². The standard InChI is InChI=1S/C14H25N5/c15-11-13-12-19(17-16-13)10-9-18-7-5-14(6-8-18)3-1-2-4-14/h12H,1-11,15H2. The number of nitrogens with two attached hydrogens (primary N) is 1. The lowest BCUT2D eigenvalue weighted by molar-refractivity contribution is 0.105. The van der Waals surface area contributed by atoms with Crippen LogP contribution in [-0.2, 0) is 13.1 Å². The van der Waals surface area contributed by atoms with Crippen LogP contribution in [0.5, 0.6) is 0 Å². The molecule has 106 valence electrons. The summed E-state index contributed by atoms with van der Waals surface area (Å²) in [7, 11) is 0. The zero-order valence-electron chi connectivity index (χ0n) is 11.7. The van der Waals surface area contributed by atoms with Crippen LogP contribution in [0.4, 0.5) is 0 Å².